The van der Waals surface area contributed by atoms with Crippen LogP contribution in [0, 0.1) is 5.82 Å². The number of anilines is 1. The molecule has 0 atom stereocenters. The number of nitrogens with zero attached hydrogens (tertiary/aromatic N) is 4. The number of hydrogen-bond acceptors (Lipinski definition) is 5. The summed E-state index contributed by atoms with van der Waals surface area (Å²) in [5.74, 6) is -0.375. The van der Waals surface area contributed by atoms with Crippen molar-refractivity contribution in [3.8, 4) is 0 Å². The monoisotopic (exact) mass is 383 g/mol. The molecule has 1 N–H and O–H groups in total. The fraction of sp³-hybridized carbons (Fsp3) is 0.0556. The lowest BCUT2D eigenvalue weighted by atomic mass is 10.2. The average Bonchev–Trinajstić information content (AvgIpc) is 3.09. The van der Waals surface area contributed by atoms with E-state index in [1.54, 1.807) is 36.4 Å². The van der Waals surface area contributed by atoms with Crippen LogP contribution in [0.25, 0.3) is 10.9 Å². The third kappa shape index (κ3) is 3.63. The van der Waals surface area contributed by atoms with Gasteiger partial charge in [0.1, 0.15) is 17.0 Å². The molecule has 0 saturated heterocycles. The van der Waals surface area contributed by atoms with Crippen LogP contribution in [-0.2, 0) is 16.6 Å². The van der Waals surface area contributed by atoms with Crippen LogP contribution in [0.3, 0.4) is 0 Å². The number of sulfonamides is 1. The van der Waals surface area contributed by atoms with Crippen molar-refractivity contribution in [1.82, 2.24) is 19.7 Å². The lowest BCUT2D eigenvalue weighted by Gasteiger charge is -2.07. The van der Waals surface area contributed by atoms with E-state index in [1.807, 2.05) is 0 Å². The average molecular weight is 383 g/mol. The molecular formula is C18H14FN5O2S. The second kappa shape index (κ2) is 6.76. The number of hydrogen-bond donors (Lipinski definition) is 1. The molecule has 7 nitrogen and oxygen atoms in total. The summed E-state index contributed by atoms with van der Waals surface area (Å²) in [5, 5.41) is 4.84. The van der Waals surface area contributed by atoms with E-state index in [9.17, 15) is 12.8 Å². The maximum Gasteiger partial charge on any atom is 0.266 e. The zero-order chi connectivity index (χ0) is 18.9. The van der Waals surface area contributed by atoms with E-state index >= 15 is 0 Å². The lowest BCUT2D eigenvalue weighted by Crippen LogP contribution is -2.15. The quantitative estimate of drug-likeness (QED) is 0.572. The van der Waals surface area contributed by atoms with Crippen LogP contribution in [0.1, 0.15) is 5.56 Å². The van der Waals surface area contributed by atoms with E-state index in [-0.39, 0.29) is 16.7 Å². The Bertz CT molecular complexity index is 1200. The van der Waals surface area contributed by atoms with Gasteiger partial charge >= 0.3 is 0 Å². The Hall–Kier alpha value is -3.33. The van der Waals surface area contributed by atoms with Crippen molar-refractivity contribution in [3.05, 3.63) is 78.5 Å². The minimum atomic E-state index is -3.91. The number of benzene rings is 2. The summed E-state index contributed by atoms with van der Waals surface area (Å²) < 4.78 is 42.3. The molecule has 0 saturated carbocycles. The molecule has 2 heterocycles. The first-order valence-corrected chi connectivity index (χ1v) is 9.50. The van der Waals surface area contributed by atoms with Gasteiger partial charge in [-0.25, -0.2) is 22.2 Å². The van der Waals surface area contributed by atoms with Gasteiger partial charge in [-0.1, -0.05) is 30.3 Å². The summed E-state index contributed by atoms with van der Waals surface area (Å²) in [4.78, 5) is 8.20. The molecule has 2 aromatic heterocycles. The van der Waals surface area contributed by atoms with Crippen LogP contribution in [0.5, 0.6) is 0 Å². The SMILES string of the molecule is O=S(=O)(Nc1ncn(Cc2ccc(F)cc2)n1)c1cccc2cccnc12. The number of rotatable bonds is 5. The van der Waals surface area contributed by atoms with Crippen LogP contribution in [0.15, 0.2) is 72.0 Å². The number of nitrogens with one attached hydrogen (secondary N) is 1. The predicted octanol–water partition coefficient (Wildman–Crippen LogP) is 2.81. The standard InChI is InChI=1S/C18H14FN5O2S/c19-15-8-6-13(7-9-15)11-24-12-21-18(22-24)23-27(25,26)16-5-1-3-14-4-2-10-20-17(14)16/h1-10,12H,11H2,(H,22,23). The molecular weight excluding hydrogens is 369 g/mol. The van der Waals surface area contributed by atoms with Crippen LogP contribution in [-0.4, -0.2) is 28.2 Å². The molecule has 4 aromatic rings. The van der Waals surface area contributed by atoms with Crippen molar-refractivity contribution in [2.24, 2.45) is 0 Å². The molecule has 0 amide bonds. The first-order chi connectivity index (χ1) is 13.0. The zero-order valence-corrected chi connectivity index (χ0v) is 14.8. The summed E-state index contributed by atoms with van der Waals surface area (Å²) in [6, 6.07) is 14.4. The van der Waals surface area contributed by atoms with Crippen molar-refractivity contribution in [1.29, 1.82) is 0 Å². The second-order valence-electron chi connectivity index (χ2n) is 5.83. The smallest absolute Gasteiger partial charge is 0.255 e. The number of halogens is 1. The van der Waals surface area contributed by atoms with Gasteiger partial charge in [0.25, 0.3) is 16.0 Å². The van der Waals surface area contributed by atoms with Crippen LogP contribution in [0.4, 0.5) is 10.3 Å². The molecule has 0 aliphatic rings. The summed E-state index contributed by atoms with van der Waals surface area (Å²) in [6.45, 7) is 0.338. The van der Waals surface area contributed by atoms with Gasteiger partial charge in [0.15, 0.2) is 0 Å². The molecule has 9 heteroatoms. The highest BCUT2D eigenvalue weighted by Gasteiger charge is 2.20. The van der Waals surface area contributed by atoms with Gasteiger partial charge in [0, 0.05) is 11.6 Å². The summed E-state index contributed by atoms with van der Waals surface area (Å²) >= 11 is 0. The van der Waals surface area contributed by atoms with Crippen LogP contribution >= 0.6 is 0 Å². The predicted molar refractivity (Wildman–Crippen MR) is 98.1 cm³/mol. The van der Waals surface area contributed by atoms with Gasteiger partial charge in [0.2, 0.25) is 0 Å². The lowest BCUT2D eigenvalue weighted by molar-refractivity contribution is 0.601. The van der Waals surface area contributed by atoms with Gasteiger partial charge < -0.3 is 0 Å². The van der Waals surface area contributed by atoms with E-state index in [0.717, 1.165) is 10.9 Å². The Labute approximate surface area is 154 Å². The Morgan fingerprint density at radius 1 is 1.00 bits per heavy atom. The van der Waals surface area contributed by atoms with Crippen LogP contribution in [0.2, 0.25) is 0 Å². The zero-order valence-electron chi connectivity index (χ0n) is 13.9. The first kappa shape index (κ1) is 17.1. The minimum Gasteiger partial charge on any atom is -0.255 e. The van der Waals surface area contributed by atoms with E-state index in [4.69, 9.17) is 0 Å². The van der Waals surface area contributed by atoms with Crippen molar-refractivity contribution in [2.75, 3.05) is 4.72 Å². The van der Waals surface area contributed by atoms with Gasteiger partial charge in [-0.15, -0.1) is 5.10 Å². The van der Waals surface area contributed by atoms with E-state index in [0.29, 0.717) is 12.1 Å². The number of para-hydroxylation sites is 1. The highest BCUT2D eigenvalue weighted by molar-refractivity contribution is 7.93. The number of fused-ring (bicyclic) bond motifs is 1. The molecule has 0 aliphatic heterocycles. The maximum atomic E-state index is 13.0. The topological polar surface area (TPSA) is 89.8 Å². The number of aromatic nitrogens is 4. The highest BCUT2D eigenvalue weighted by Crippen LogP contribution is 2.22. The summed E-state index contributed by atoms with van der Waals surface area (Å²) in [5.41, 5.74) is 1.19. The Morgan fingerprint density at radius 3 is 2.59 bits per heavy atom. The molecule has 2 aromatic carbocycles. The molecule has 0 aliphatic carbocycles. The van der Waals surface area contributed by atoms with Gasteiger partial charge in [0.05, 0.1) is 12.1 Å². The molecule has 136 valence electrons. The Morgan fingerprint density at radius 2 is 1.78 bits per heavy atom. The van der Waals surface area contributed by atoms with Crippen molar-refractivity contribution in [3.63, 3.8) is 0 Å². The molecule has 0 spiro atoms. The molecule has 0 unspecified atom stereocenters. The first-order valence-electron chi connectivity index (χ1n) is 8.02. The number of pyridine rings is 1. The molecule has 27 heavy (non-hydrogen) atoms. The summed E-state index contributed by atoms with van der Waals surface area (Å²) in [7, 11) is -3.91. The largest absolute Gasteiger partial charge is 0.266 e. The van der Waals surface area contributed by atoms with E-state index in [2.05, 4.69) is 19.8 Å². The van der Waals surface area contributed by atoms with Crippen molar-refractivity contribution >= 4 is 26.9 Å². The molecule has 0 bridgehead atoms. The van der Waals surface area contributed by atoms with Gasteiger partial charge in [-0.05, 0) is 29.8 Å². The van der Waals surface area contributed by atoms with E-state index in [1.165, 1.54) is 35.4 Å². The van der Waals surface area contributed by atoms with Crippen LogP contribution < -0.4 is 4.72 Å². The fourth-order valence-corrected chi connectivity index (χ4v) is 3.79. The molecule has 0 fully saturated rings. The van der Waals surface area contributed by atoms with Crippen molar-refractivity contribution in [2.45, 2.75) is 11.4 Å². The second-order valence-corrected chi connectivity index (χ2v) is 7.48. The summed E-state index contributed by atoms with van der Waals surface area (Å²) in [6.07, 6.45) is 2.94. The Balaban J connectivity index is 1.58. The van der Waals surface area contributed by atoms with Crippen molar-refractivity contribution < 1.29 is 12.8 Å². The maximum absolute atomic E-state index is 13.0. The molecule has 4 rings (SSSR count). The highest BCUT2D eigenvalue weighted by atomic mass is 32.2. The van der Waals surface area contributed by atoms with E-state index < -0.39 is 10.0 Å². The normalized spacial score (nSPS) is 11.6. The minimum absolute atomic E-state index is 0.0509. The molecule has 0 radical (unpaired) electrons. The third-order valence-electron chi connectivity index (χ3n) is 3.91. The Kier molecular flexibility index (Phi) is 4.28. The van der Waals surface area contributed by atoms with Gasteiger partial charge in [-0.2, -0.15) is 4.98 Å². The third-order valence-corrected chi connectivity index (χ3v) is 5.26. The fourth-order valence-electron chi connectivity index (χ4n) is 2.66. The van der Waals surface area contributed by atoms with Gasteiger partial charge in [-0.3, -0.25) is 4.98 Å².